The Bertz CT molecular complexity index is 680. The highest BCUT2D eigenvalue weighted by Crippen LogP contribution is 2.22. The van der Waals surface area contributed by atoms with Crippen molar-refractivity contribution in [3.8, 4) is 0 Å². The van der Waals surface area contributed by atoms with E-state index in [1.54, 1.807) is 22.8 Å². The zero-order valence-corrected chi connectivity index (χ0v) is 15.6. The van der Waals surface area contributed by atoms with E-state index in [-0.39, 0.29) is 17.5 Å². The molecule has 0 aromatic heterocycles. The number of rotatable bonds is 6. The van der Waals surface area contributed by atoms with Gasteiger partial charge in [-0.2, -0.15) is 0 Å². The molecule has 0 aliphatic carbocycles. The van der Waals surface area contributed by atoms with Crippen molar-refractivity contribution in [1.29, 1.82) is 0 Å². The summed E-state index contributed by atoms with van der Waals surface area (Å²) >= 11 is 0. The molecule has 2 rings (SSSR count). The minimum absolute atomic E-state index is 0.0423. The van der Waals surface area contributed by atoms with Crippen molar-refractivity contribution in [3.63, 3.8) is 0 Å². The van der Waals surface area contributed by atoms with Crippen LogP contribution in [0, 0.1) is 17.0 Å². The topological polar surface area (TPSA) is 87.0 Å². The molecule has 142 valence electrons. The molecule has 2 amide bonds. The van der Waals surface area contributed by atoms with E-state index in [9.17, 15) is 19.7 Å². The van der Waals surface area contributed by atoms with Crippen LogP contribution in [0.2, 0.25) is 0 Å². The standard InChI is InChI=1S/C18H26N4O4/c1-4-20(5-2)17(23)13-19-9-11-21(12-10-19)18(24)15-7-6-8-16(14(15)3)22(25)26/h6-8H,4-5,9-13H2,1-3H3. The number of likely N-dealkylation sites (N-methyl/N-ethyl adjacent to an activating group) is 1. The van der Waals surface area contributed by atoms with Crippen molar-refractivity contribution in [2.45, 2.75) is 20.8 Å². The van der Waals surface area contributed by atoms with E-state index in [0.29, 0.717) is 56.9 Å². The average Bonchev–Trinajstić information content (AvgIpc) is 2.62. The van der Waals surface area contributed by atoms with E-state index in [4.69, 9.17) is 0 Å². The number of nitro groups is 1. The maximum Gasteiger partial charge on any atom is 0.273 e. The highest BCUT2D eigenvalue weighted by Gasteiger charge is 2.26. The van der Waals surface area contributed by atoms with E-state index in [1.807, 2.05) is 18.7 Å². The summed E-state index contributed by atoms with van der Waals surface area (Å²) in [5.74, 6) is -0.0924. The summed E-state index contributed by atoms with van der Waals surface area (Å²) in [7, 11) is 0. The number of hydrogen-bond acceptors (Lipinski definition) is 5. The van der Waals surface area contributed by atoms with Crippen LogP contribution in [-0.2, 0) is 4.79 Å². The van der Waals surface area contributed by atoms with E-state index >= 15 is 0 Å². The average molecular weight is 362 g/mol. The van der Waals surface area contributed by atoms with Crippen molar-refractivity contribution in [2.75, 3.05) is 45.8 Å². The van der Waals surface area contributed by atoms with E-state index in [2.05, 4.69) is 0 Å². The Hall–Kier alpha value is -2.48. The lowest BCUT2D eigenvalue weighted by Gasteiger charge is -2.35. The molecule has 1 heterocycles. The number of nitrogens with zero attached hydrogens (tertiary/aromatic N) is 4. The van der Waals surface area contributed by atoms with Gasteiger partial charge in [0.25, 0.3) is 11.6 Å². The number of nitro benzene ring substituents is 1. The number of piperazine rings is 1. The summed E-state index contributed by atoms with van der Waals surface area (Å²) in [6.07, 6.45) is 0. The van der Waals surface area contributed by atoms with Gasteiger partial charge in [-0.3, -0.25) is 24.6 Å². The Labute approximate surface area is 153 Å². The molecule has 8 heteroatoms. The SMILES string of the molecule is CCN(CC)C(=O)CN1CCN(C(=O)c2cccc([N+](=O)[O-])c2C)CC1. The summed E-state index contributed by atoms with van der Waals surface area (Å²) in [5.41, 5.74) is 0.716. The van der Waals surface area contributed by atoms with Gasteiger partial charge < -0.3 is 9.80 Å². The summed E-state index contributed by atoms with van der Waals surface area (Å²) in [6, 6.07) is 4.57. The van der Waals surface area contributed by atoms with Crippen LogP contribution >= 0.6 is 0 Å². The van der Waals surface area contributed by atoms with Gasteiger partial charge in [0.2, 0.25) is 5.91 Å². The predicted octanol–water partition coefficient (Wildman–Crippen LogP) is 1.53. The van der Waals surface area contributed by atoms with E-state index < -0.39 is 4.92 Å². The van der Waals surface area contributed by atoms with Gasteiger partial charge in [0.1, 0.15) is 0 Å². The Balaban J connectivity index is 1.98. The minimum Gasteiger partial charge on any atom is -0.342 e. The second kappa shape index (κ2) is 8.75. The van der Waals surface area contributed by atoms with E-state index in [1.165, 1.54) is 12.1 Å². The van der Waals surface area contributed by atoms with E-state index in [0.717, 1.165) is 0 Å². The van der Waals surface area contributed by atoms with Crippen LogP contribution < -0.4 is 0 Å². The van der Waals surface area contributed by atoms with Crippen molar-refractivity contribution >= 4 is 17.5 Å². The van der Waals surface area contributed by atoms with Crippen LogP contribution in [0.3, 0.4) is 0 Å². The summed E-state index contributed by atoms with van der Waals surface area (Å²) in [4.78, 5) is 41.1. The van der Waals surface area contributed by atoms with Crippen molar-refractivity contribution in [2.24, 2.45) is 0 Å². The molecule has 1 aliphatic rings. The fraction of sp³-hybridized carbons (Fsp3) is 0.556. The molecule has 26 heavy (non-hydrogen) atoms. The van der Waals surface area contributed by atoms with Crippen molar-refractivity contribution in [3.05, 3.63) is 39.4 Å². The molecule has 1 saturated heterocycles. The second-order valence-corrected chi connectivity index (χ2v) is 6.34. The molecule has 0 unspecified atom stereocenters. The minimum atomic E-state index is -0.469. The second-order valence-electron chi connectivity index (χ2n) is 6.34. The zero-order valence-electron chi connectivity index (χ0n) is 15.6. The smallest absolute Gasteiger partial charge is 0.273 e. The predicted molar refractivity (Wildman–Crippen MR) is 98.1 cm³/mol. The first-order chi connectivity index (χ1) is 12.4. The molecule has 1 aliphatic heterocycles. The van der Waals surface area contributed by atoms with Gasteiger partial charge >= 0.3 is 0 Å². The molecule has 1 aromatic carbocycles. The number of benzene rings is 1. The Morgan fingerprint density at radius 3 is 2.31 bits per heavy atom. The molecule has 0 atom stereocenters. The number of carbonyl (C=O) groups is 2. The van der Waals surface area contributed by atoms with Gasteiger partial charge in [-0.25, -0.2) is 0 Å². The molecular weight excluding hydrogens is 336 g/mol. The quantitative estimate of drug-likeness (QED) is 0.566. The van der Waals surface area contributed by atoms with Crippen molar-refractivity contribution < 1.29 is 14.5 Å². The molecule has 1 fully saturated rings. The lowest BCUT2D eigenvalue weighted by molar-refractivity contribution is -0.385. The zero-order chi connectivity index (χ0) is 19.3. The molecule has 0 saturated carbocycles. The van der Waals surface area contributed by atoms with Crippen LogP contribution in [0.25, 0.3) is 0 Å². The van der Waals surface area contributed by atoms with Gasteiger partial charge in [0, 0.05) is 56.5 Å². The first-order valence-corrected chi connectivity index (χ1v) is 8.92. The van der Waals surface area contributed by atoms with Crippen LogP contribution in [0.15, 0.2) is 18.2 Å². The fourth-order valence-electron chi connectivity index (χ4n) is 3.20. The third-order valence-corrected chi connectivity index (χ3v) is 4.87. The maximum absolute atomic E-state index is 12.7. The Morgan fingerprint density at radius 2 is 1.77 bits per heavy atom. The summed E-state index contributed by atoms with van der Waals surface area (Å²) in [6.45, 7) is 9.51. The maximum atomic E-state index is 12.7. The number of amides is 2. The largest absolute Gasteiger partial charge is 0.342 e. The first kappa shape index (κ1) is 19.8. The van der Waals surface area contributed by atoms with Gasteiger partial charge in [-0.15, -0.1) is 0 Å². The fourth-order valence-corrected chi connectivity index (χ4v) is 3.20. The van der Waals surface area contributed by atoms with Gasteiger partial charge in [-0.05, 0) is 26.8 Å². The highest BCUT2D eigenvalue weighted by molar-refractivity contribution is 5.96. The third kappa shape index (κ3) is 4.37. The molecule has 0 bridgehead atoms. The molecular formula is C18H26N4O4. The third-order valence-electron chi connectivity index (χ3n) is 4.87. The Morgan fingerprint density at radius 1 is 1.15 bits per heavy atom. The lowest BCUT2D eigenvalue weighted by Crippen LogP contribution is -2.51. The Kier molecular flexibility index (Phi) is 6.68. The van der Waals surface area contributed by atoms with Crippen LogP contribution in [-0.4, -0.2) is 77.3 Å². The molecule has 0 radical (unpaired) electrons. The normalized spacial score (nSPS) is 15.0. The number of hydrogen-bond donors (Lipinski definition) is 0. The molecule has 0 spiro atoms. The van der Waals surface area contributed by atoms with Gasteiger partial charge in [0.15, 0.2) is 0 Å². The summed E-state index contributed by atoms with van der Waals surface area (Å²) in [5, 5.41) is 11.1. The molecule has 8 nitrogen and oxygen atoms in total. The van der Waals surface area contributed by atoms with Crippen molar-refractivity contribution in [1.82, 2.24) is 14.7 Å². The lowest BCUT2D eigenvalue weighted by atomic mass is 10.1. The highest BCUT2D eigenvalue weighted by atomic mass is 16.6. The molecule has 0 N–H and O–H groups in total. The monoisotopic (exact) mass is 362 g/mol. The summed E-state index contributed by atoms with van der Waals surface area (Å²) < 4.78 is 0. The van der Waals surface area contributed by atoms with Crippen LogP contribution in [0.4, 0.5) is 5.69 Å². The first-order valence-electron chi connectivity index (χ1n) is 8.92. The number of carbonyl (C=O) groups excluding carboxylic acids is 2. The van der Waals surface area contributed by atoms with Crippen LogP contribution in [0.1, 0.15) is 29.8 Å². The van der Waals surface area contributed by atoms with Gasteiger partial charge in [-0.1, -0.05) is 6.07 Å². The molecule has 1 aromatic rings. The van der Waals surface area contributed by atoms with Crippen LogP contribution in [0.5, 0.6) is 0 Å². The van der Waals surface area contributed by atoms with Gasteiger partial charge in [0.05, 0.1) is 11.5 Å².